The molecule has 0 atom stereocenters. The Hall–Kier alpha value is -3.03. The van der Waals surface area contributed by atoms with Gasteiger partial charge in [0.2, 0.25) is 0 Å². The molecule has 0 bridgehead atoms. The number of anilines is 1. The highest BCUT2D eigenvalue weighted by molar-refractivity contribution is 6.32. The summed E-state index contributed by atoms with van der Waals surface area (Å²) in [4.78, 5) is 14.4. The smallest absolute Gasteiger partial charge is 0.264 e. The van der Waals surface area contributed by atoms with E-state index >= 15 is 0 Å². The first-order chi connectivity index (χ1) is 12.6. The molecular weight excluding hydrogens is 348 g/mol. The minimum Gasteiger partial charge on any atom is -0.482 e. The van der Waals surface area contributed by atoms with Crippen LogP contribution in [0.5, 0.6) is 5.75 Å². The molecule has 130 valence electrons. The van der Waals surface area contributed by atoms with Crippen molar-refractivity contribution in [3.05, 3.63) is 71.2 Å². The summed E-state index contributed by atoms with van der Waals surface area (Å²) >= 11 is 6.10. The minimum absolute atomic E-state index is 0.136. The Morgan fingerprint density at radius 3 is 2.65 bits per heavy atom. The summed E-state index contributed by atoms with van der Waals surface area (Å²) in [6, 6.07) is 20.6. The SMILES string of the molecule is CCN(C(=O)COc1ccc(C#N)cc1Cl)c1cccc2ccccc12. The number of nitriles is 1. The summed E-state index contributed by atoms with van der Waals surface area (Å²) in [6.45, 7) is 2.31. The summed E-state index contributed by atoms with van der Waals surface area (Å²) in [5.74, 6) is 0.220. The van der Waals surface area contributed by atoms with Crippen LogP contribution in [-0.2, 0) is 4.79 Å². The lowest BCUT2D eigenvalue weighted by Gasteiger charge is -2.23. The summed E-state index contributed by atoms with van der Waals surface area (Å²) in [5.41, 5.74) is 1.30. The number of benzene rings is 3. The van der Waals surface area contributed by atoms with Gasteiger partial charge in [0.25, 0.3) is 5.91 Å². The van der Waals surface area contributed by atoms with Crippen molar-refractivity contribution >= 4 is 34.0 Å². The van der Waals surface area contributed by atoms with Crippen molar-refractivity contribution in [3.8, 4) is 11.8 Å². The van der Waals surface area contributed by atoms with Gasteiger partial charge in [-0.05, 0) is 36.6 Å². The first-order valence-electron chi connectivity index (χ1n) is 8.24. The average Bonchev–Trinajstić information content (AvgIpc) is 2.67. The summed E-state index contributed by atoms with van der Waals surface area (Å²) in [5, 5.41) is 11.3. The molecule has 1 amide bonds. The predicted molar refractivity (Wildman–Crippen MR) is 104 cm³/mol. The third kappa shape index (κ3) is 3.63. The van der Waals surface area contributed by atoms with Crippen molar-refractivity contribution in [3.63, 3.8) is 0 Å². The van der Waals surface area contributed by atoms with Gasteiger partial charge in [0, 0.05) is 11.9 Å². The average molecular weight is 365 g/mol. The Bertz CT molecular complexity index is 989. The number of nitrogens with zero attached hydrogens (tertiary/aromatic N) is 2. The second-order valence-corrected chi connectivity index (χ2v) is 6.09. The van der Waals surface area contributed by atoms with Crippen LogP contribution in [0, 0.1) is 11.3 Å². The molecule has 26 heavy (non-hydrogen) atoms. The molecule has 0 aromatic heterocycles. The molecule has 0 heterocycles. The van der Waals surface area contributed by atoms with Gasteiger partial charge in [0.1, 0.15) is 5.75 Å². The van der Waals surface area contributed by atoms with E-state index in [4.69, 9.17) is 21.6 Å². The molecule has 3 rings (SSSR count). The standard InChI is InChI=1S/C21H17ClN2O2/c1-2-24(19-9-5-7-16-6-3-4-8-17(16)19)21(25)14-26-20-11-10-15(13-23)12-18(20)22/h3-12H,2,14H2,1H3. The second-order valence-electron chi connectivity index (χ2n) is 5.68. The monoisotopic (exact) mass is 364 g/mol. The fraction of sp³-hybridized carbons (Fsp3) is 0.143. The van der Waals surface area contributed by atoms with Crippen LogP contribution in [0.3, 0.4) is 0 Å². The number of hydrogen-bond acceptors (Lipinski definition) is 3. The molecule has 0 fully saturated rings. The minimum atomic E-state index is -0.163. The lowest BCUT2D eigenvalue weighted by molar-refractivity contribution is -0.120. The van der Waals surface area contributed by atoms with Crippen LogP contribution in [0.2, 0.25) is 5.02 Å². The van der Waals surface area contributed by atoms with Gasteiger partial charge in [0.05, 0.1) is 22.3 Å². The normalized spacial score (nSPS) is 10.3. The molecule has 5 heteroatoms. The van der Waals surface area contributed by atoms with E-state index in [0.717, 1.165) is 16.5 Å². The van der Waals surface area contributed by atoms with E-state index in [0.29, 0.717) is 22.9 Å². The van der Waals surface area contributed by atoms with Crippen LogP contribution < -0.4 is 9.64 Å². The van der Waals surface area contributed by atoms with E-state index in [1.54, 1.807) is 17.0 Å². The van der Waals surface area contributed by atoms with Gasteiger partial charge in [-0.25, -0.2) is 0 Å². The first kappa shape index (κ1) is 17.8. The van der Waals surface area contributed by atoms with E-state index in [-0.39, 0.29) is 12.5 Å². The molecule has 0 radical (unpaired) electrons. The molecule has 3 aromatic rings. The highest BCUT2D eigenvalue weighted by Crippen LogP contribution is 2.28. The summed E-state index contributed by atoms with van der Waals surface area (Å²) in [6.07, 6.45) is 0. The van der Waals surface area contributed by atoms with E-state index in [1.807, 2.05) is 55.5 Å². The Kier molecular flexibility index (Phi) is 5.40. The lowest BCUT2D eigenvalue weighted by Crippen LogP contribution is -2.35. The van der Waals surface area contributed by atoms with Crippen molar-refractivity contribution in [2.45, 2.75) is 6.92 Å². The topological polar surface area (TPSA) is 53.3 Å². The number of hydrogen-bond donors (Lipinski definition) is 0. The van der Waals surface area contributed by atoms with Gasteiger partial charge in [-0.3, -0.25) is 4.79 Å². The van der Waals surface area contributed by atoms with Crippen molar-refractivity contribution < 1.29 is 9.53 Å². The summed E-state index contributed by atoms with van der Waals surface area (Å²) < 4.78 is 5.58. The van der Waals surface area contributed by atoms with Crippen molar-refractivity contribution in [2.75, 3.05) is 18.1 Å². The van der Waals surface area contributed by atoms with Crippen LogP contribution in [0.1, 0.15) is 12.5 Å². The zero-order valence-electron chi connectivity index (χ0n) is 14.3. The van der Waals surface area contributed by atoms with Crippen LogP contribution in [-0.4, -0.2) is 19.1 Å². The van der Waals surface area contributed by atoms with E-state index in [1.165, 1.54) is 6.07 Å². The van der Waals surface area contributed by atoms with E-state index in [2.05, 4.69) is 0 Å². The molecule has 0 N–H and O–H groups in total. The van der Waals surface area contributed by atoms with Gasteiger partial charge in [0.15, 0.2) is 6.61 Å². The maximum atomic E-state index is 12.7. The number of rotatable bonds is 5. The zero-order chi connectivity index (χ0) is 18.5. The summed E-state index contributed by atoms with van der Waals surface area (Å²) in [7, 11) is 0. The molecule has 0 aliphatic carbocycles. The Morgan fingerprint density at radius 1 is 1.15 bits per heavy atom. The Morgan fingerprint density at radius 2 is 1.92 bits per heavy atom. The van der Waals surface area contributed by atoms with Gasteiger partial charge < -0.3 is 9.64 Å². The molecule has 0 spiro atoms. The largest absolute Gasteiger partial charge is 0.482 e. The number of amides is 1. The molecule has 0 saturated carbocycles. The maximum absolute atomic E-state index is 12.7. The molecule has 0 unspecified atom stereocenters. The number of fused-ring (bicyclic) bond motifs is 1. The number of carbonyl (C=O) groups is 1. The molecule has 0 aliphatic heterocycles. The van der Waals surface area contributed by atoms with Crippen LogP contribution >= 0.6 is 11.6 Å². The fourth-order valence-corrected chi connectivity index (χ4v) is 3.06. The third-order valence-electron chi connectivity index (χ3n) is 4.09. The number of ether oxygens (including phenoxy) is 1. The van der Waals surface area contributed by atoms with Gasteiger partial charge in [-0.1, -0.05) is 48.0 Å². The quantitative estimate of drug-likeness (QED) is 0.653. The molecule has 0 aliphatic rings. The molecule has 4 nitrogen and oxygen atoms in total. The predicted octanol–water partition coefficient (Wildman–Crippen LogP) is 4.80. The Labute approximate surface area is 157 Å². The van der Waals surface area contributed by atoms with Crippen molar-refractivity contribution in [1.82, 2.24) is 0 Å². The Balaban J connectivity index is 1.80. The number of halogens is 1. The van der Waals surface area contributed by atoms with E-state index in [9.17, 15) is 4.79 Å². The number of likely N-dealkylation sites (N-methyl/N-ethyl adjacent to an activating group) is 1. The molecular formula is C21H17ClN2O2. The lowest BCUT2D eigenvalue weighted by atomic mass is 10.1. The van der Waals surface area contributed by atoms with Crippen molar-refractivity contribution in [2.24, 2.45) is 0 Å². The number of carbonyl (C=O) groups excluding carboxylic acids is 1. The highest BCUT2D eigenvalue weighted by atomic mass is 35.5. The third-order valence-corrected chi connectivity index (χ3v) is 4.38. The maximum Gasteiger partial charge on any atom is 0.264 e. The second kappa shape index (κ2) is 7.90. The highest BCUT2D eigenvalue weighted by Gasteiger charge is 2.17. The zero-order valence-corrected chi connectivity index (χ0v) is 15.0. The van der Waals surface area contributed by atoms with Crippen LogP contribution in [0.15, 0.2) is 60.7 Å². The van der Waals surface area contributed by atoms with Gasteiger partial charge in [-0.2, -0.15) is 5.26 Å². The molecule has 0 saturated heterocycles. The van der Waals surface area contributed by atoms with Crippen LogP contribution in [0.4, 0.5) is 5.69 Å². The van der Waals surface area contributed by atoms with Crippen molar-refractivity contribution in [1.29, 1.82) is 5.26 Å². The van der Waals surface area contributed by atoms with Crippen LogP contribution in [0.25, 0.3) is 10.8 Å². The van der Waals surface area contributed by atoms with E-state index < -0.39 is 0 Å². The van der Waals surface area contributed by atoms with Gasteiger partial charge in [-0.15, -0.1) is 0 Å². The van der Waals surface area contributed by atoms with Gasteiger partial charge >= 0.3 is 0 Å². The first-order valence-corrected chi connectivity index (χ1v) is 8.62. The fourth-order valence-electron chi connectivity index (χ4n) is 2.83. The molecule has 3 aromatic carbocycles.